The summed E-state index contributed by atoms with van der Waals surface area (Å²) < 4.78 is 19.4. The predicted octanol–water partition coefficient (Wildman–Crippen LogP) is 7.18. The summed E-state index contributed by atoms with van der Waals surface area (Å²) in [6.45, 7) is 0.363. The van der Waals surface area contributed by atoms with E-state index in [1.807, 2.05) is 66.7 Å². The molecule has 0 heterocycles. The van der Waals surface area contributed by atoms with Crippen LogP contribution in [0, 0.1) is 0 Å². The standard InChI is InChI=1S/C21H21O2PS2/c22-24(23-16-19-10-4-1-5-11-19,25-17-20-12-6-2-7-13-20)26-18-21-14-8-3-9-15-21/h1-15H,16-18H2. The summed E-state index contributed by atoms with van der Waals surface area (Å²) in [6.07, 6.45) is 0. The topological polar surface area (TPSA) is 26.3 Å². The molecule has 0 saturated carbocycles. The lowest BCUT2D eigenvalue weighted by Gasteiger charge is -2.17. The van der Waals surface area contributed by atoms with Gasteiger partial charge in [-0.05, 0) is 16.7 Å². The zero-order chi connectivity index (χ0) is 18.1. The van der Waals surface area contributed by atoms with Gasteiger partial charge < -0.3 is 4.52 Å². The average Bonchev–Trinajstić information content (AvgIpc) is 2.72. The van der Waals surface area contributed by atoms with Gasteiger partial charge in [-0.15, -0.1) is 0 Å². The Balaban J connectivity index is 1.65. The Hall–Kier alpha value is -1.45. The molecule has 26 heavy (non-hydrogen) atoms. The van der Waals surface area contributed by atoms with Crippen LogP contribution in [0.25, 0.3) is 0 Å². The lowest BCUT2D eigenvalue weighted by atomic mass is 10.2. The Labute approximate surface area is 163 Å². The number of benzene rings is 3. The molecule has 0 aromatic heterocycles. The zero-order valence-corrected chi connectivity index (χ0v) is 16.9. The SMILES string of the molecule is O=P(OCc1ccccc1)(SCc1ccccc1)SCc1ccccc1. The second kappa shape index (κ2) is 10.0. The normalized spacial score (nSPS) is 11.4. The van der Waals surface area contributed by atoms with Crippen LogP contribution in [0.2, 0.25) is 0 Å². The molecule has 134 valence electrons. The molecule has 5 heteroatoms. The molecular formula is C21H21O2PS2. The highest BCUT2D eigenvalue weighted by Crippen LogP contribution is 2.71. The van der Waals surface area contributed by atoms with Crippen molar-refractivity contribution in [3.8, 4) is 0 Å². The van der Waals surface area contributed by atoms with Gasteiger partial charge in [0, 0.05) is 11.5 Å². The van der Waals surface area contributed by atoms with Crippen molar-refractivity contribution in [2.45, 2.75) is 18.1 Å². The summed E-state index contributed by atoms with van der Waals surface area (Å²) in [5, 5.41) is 0. The molecule has 0 atom stereocenters. The minimum atomic E-state index is -2.88. The van der Waals surface area contributed by atoms with Crippen LogP contribution in [0.1, 0.15) is 16.7 Å². The van der Waals surface area contributed by atoms with Gasteiger partial charge in [0.1, 0.15) is 0 Å². The third-order valence-electron chi connectivity index (χ3n) is 3.70. The highest BCUT2D eigenvalue weighted by atomic mass is 33.1. The van der Waals surface area contributed by atoms with Crippen molar-refractivity contribution in [2.75, 3.05) is 0 Å². The van der Waals surface area contributed by atoms with E-state index in [9.17, 15) is 4.57 Å². The van der Waals surface area contributed by atoms with E-state index in [1.54, 1.807) is 0 Å². The number of hydrogen-bond acceptors (Lipinski definition) is 4. The number of hydrogen-bond donors (Lipinski definition) is 0. The largest absolute Gasteiger partial charge is 0.314 e. The fraction of sp³-hybridized carbons (Fsp3) is 0.143. The lowest BCUT2D eigenvalue weighted by molar-refractivity contribution is 0.325. The van der Waals surface area contributed by atoms with Gasteiger partial charge in [-0.25, -0.2) is 0 Å². The molecule has 2 nitrogen and oxygen atoms in total. The van der Waals surface area contributed by atoms with Gasteiger partial charge in [0.2, 0.25) is 0 Å². The molecule has 0 N–H and O–H groups in total. The Morgan fingerprint density at radius 2 is 1.00 bits per heavy atom. The molecule has 3 aromatic rings. The molecule has 0 fully saturated rings. The minimum absolute atomic E-state index is 0.363. The van der Waals surface area contributed by atoms with E-state index in [4.69, 9.17) is 4.52 Å². The van der Waals surface area contributed by atoms with Gasteiger partial charge in [-0.1, -0.05) is 114 Å². The van der Waals surface area contributed by atoms with Gasteiger partial charge in [-0.2, -0.15) is 0 Å². The van der Waals surface area contributed by atoms with E-state index in [1.165, 1.54) is 22.8 Å². The van der Waals surface area contributed by atoms with Gasteiger partial charge in [0.15, 0.2) is 0 Å². The molecule has 0 amide bonds. The molecule has 0 spiro atoms. The molecule has 0 aliphatic heterocycles. The maximum atomic E-state index is 13.4. The molecule has 0 radical (unpaired) electrons. The van der Waals surface area contributed by atoms with Crippen LogP contribution < -0.4 is 0 Å². The van der Waals surface area contributed by atoms with Crippen molar-refractivity contribution in [3.63, 3.8) is 0 Å². The predicted molar refractivity (Wildman–Crippen MR) is 114 cm³/mol. The fourth-order valence-electron chi connectivity index (χ4n) is 2.30. The first-order valence-electron chi connectivity index (χ1n) is 8.39. The Kier molecular flexibility index (Phi) is 7.45. The smallest absolute Gasteiger partial charge is 0.309 e. The average molecular weight is 401 g/mol. The summed E-state index contributed by atoms with van der Waals surface area (Å²) in [5.41, 5.74) is 3.34. The monoisotopic (exact) mass is 400 g/mol. The van der Waals surface area contributed by atoms with E-state index >= 15 is 0 Å². The molecule has 3 aromatic carbocycles. The summed E-state index contributed by atoms with van der Waals surface area (Å²) in [4.78, 5) is 0. The zero-order valence-electron chi connectivity index (χ0n) is 14.4. The first-order valence-corrected chi connectivity index (χ1v) is 13.2. The van der Waals surface area contributed by atoms with Crippen LogP contribution in [-0.4, -0.2) is 0 Å². The van der Waals surface area contributed by atoms with E-state index in [0.29, 0.717) is 18.1 Å². The molecule has 0 saturated heterocycles. The van der Waals surface area contributed by atoms with Gasteiger partial charge in [0.25, 0.3) is 0 Å². The Morgan fingerprint density at radius 3 is 1.42 bits per heavy atom. The van der Waals surface area contributed by atoms with Crippen molar-refractivity contribution >= 4 is 28.5 Å². The summed E-state index contributed by atoms with van der Waals surface area (Å²) >= 11 is 2.82. The third-order valence-corrected chi connectivity index (χ3v) is 10.9. The minimum Gasteiger partial charge on any atom is -0.309 e. The van der Waals surface area contributed by atoms with Crippen LogP contribution in [0.3, 0.4) is 0 Å². The second-order valence-corrected chi connectivity index (χ2v) is 13.1. The van der Waals surface area contributed by atoms with Gasteiger partial charge >= 0.3 is 5.77 Å². The fourth-order valence-corrected chi connectivity index (χ4v) is 8.28. The molecule has 0 aliphatic rings. The number of rotatable bonds is 9. The third kappa shape index (κ3) is 6.37. The maximum Gasteiger partial charge on any atom is 0.314 e. The van der Waals surface area contributed by atoms with Crippen molar-refractivity contribution in [3.05, 3.63) is 108 Å². The highest BCUT2D eigenvalue weighted by Gasteiger charge is 2.25. The van der Waals surface area contributed by atoms with Crippen LogP contribution in [0.5, 0.6) is 0 Å². The highest BCUT2D eigenvalue weighted by molar-refractivity contribution is 8.88. The van der Waals surface area contributed by atoms with Crippen molar-refractivity contribution in [1.82, 2.24) is 0 Å². The molecule has 3 rings (SSSR count). The van der Waals surface area contributed by atoms with Crippen LogP contribution in [0.4, 0.5) is 0 Å². The summed E-state index contributed by atoms with van der Waals surface area (Å²) in [7, 11) is 0. The van der Waals surface area contributed by atoms with Crippen molar-refractivity contribution in [1.29, 1.82) is 0 Å². The van der Waals surface area contributed by atoms with Gasteiger partial charge in [-0.3, -0.25) is 4.57 Å². The maximum absolute atomic E-state index is 13.4. The van der Waals surface area contributed by atoms with E-state index in [2.05, 4.69) is 24.3 Å². The second-order valence-electron chi connectivity index (χ2n) is 5.72. The first-order chi connectivity index (χ1) is 12.7. The van der Waals surface area contributed by atoms with Crippen molar-refractivity contribution < 1.29 is 9.09 Å². The Bertz CT molecular complexity index is 713. The van der Waals surface area contributed by atoms with Crippen LogP contribution in [0.15, 0.2) is 91.0 Å². The van der Waals surface area contributed by atoms with Gasteiger partial charge in [0.05, 0.1) is 6.61 Å². The molecular weight excluding hydrogens is 379 g/mol. The molecule has 0 unspecified atom stereocenters. The van der Waals surface area contributed by atoms with Crippen molar-refractivity contribution in [2.24, 2.45) is 0 Å². The summed E-state index contributed by atoms with van der Waals surface area (Å²) in [5.74, 6) is -1.53. The molecule has 0 bridgehead atoms. The quantitative estimate of drug-likeness (QED) is 0.355. The molecule has 0 aliphatic carbocycles. The van der Waals surface area contributed by atoms with E-state index in [-0.39, 0.29) is 0 Å². The van der Waals surface area contributed by atoms with Crippen LogP contribution in [-0.2, 0) is 27.2 Å². The van der Waals surface area contributed by atoms with Crippen LogP contribution >= 0.6 is 28.5 Å². The van der Waals surface area contributed by atoms with E-state index < -0.39 is 5.77 Å². The Morgan fingerprint density at radius 1 is 0.615 bits per heavy atom. The van der Waals surface area contributed by atoms with E-state index in [0.717, 1.165) is 16.7 Å². The summed E-state index contributed by atoms with van der Waals surface area (Å²) in [6, 6.07) is 30.1. The first kappa shape index (κ1) is 19.3. The lowest BCUT2D eigenvalue weighted by Crippen LogP contribution is -1.90.